The van der Waals surface area contributed by atoms with Gasteiger partial charge in [0.15, 0.2) is 6.73 Å². The molecular weight excluding hydrogens is 381 g/mol. The van der Waals surface area contributed by atoms with Crippen LogP contribution in [0, 0.1) is 5.82 Å². The number of hydrogen-bond acceptors (Lipinski definition) is 5. The summed E-state index contributed by atoms with van der Waals surface area (Å²) < 4.78 is 21.1. The van der Waals surface area contributed by atoms with Crippen molar-refractivity contribution in [3.63, 3.8) is 0 Å². The van der Waals surface area contributed by atoms with Crippen LogP contribution in [0.2, 0.25) is 5.02 Å². The van der Waals surface area contributed by atoms with Gasteiger partial charge in [-0.05, 0) is 18.2 Å². The number of amides is 1. The minimum Gasteiger partial charge on any atom is -0.478 e. The molecule has 2 aromatic heterocycles. The maximum Gasteiger partial charge on any atom is 0.338 e. The van der Waals surface area contributed by atoms with Gasteiger partial charge >= 0.3 is 5.97 Å². The van der Waals surface area contributed by atoms with Crippen molar-refractivity contribution in [3.05, 3.63) is 59.4 Å². The van der Waals surface area contributed by atoms with E-state index in [4.69, 9.17) is 21.4 Å². The van der Waals surface area contributed by atoms with Gasteiger partial charge < -0.3 is 15.2 Å². The quantitative estimate of drug-likeness (QED) is 0.636. The average molecular weight is 394 g/mol. The smallest absolute Gasteiger partial charge is 0.338 e. The molecule has 0 saturated heterocycles. The molecule has 0 radical (unpaired) electrons. The topological polar surface area (TPSA) is 111 Å². The lowest BCUT2D eigenvalue weighted by Crippen LogP contribution is -2.18. The first-order valence-electron chi connectivity index (χ1n) is 7.56. The van der Waals surface area contributed by atoms with Gasteiger partial charge in [-0.3, -0.25) is 9.48 Å². The maximum absolute atomic E-state index is 13.0. The number of carboxylic acids is 1. The molecule has 9 nitrogen and oxygen atoms in total. The Morgan fingerprint density at radius 2 is 2.00 bits per heavy atom. The molecule has 0 aliphatic carbocycles. The molecule has 1 aromatic carbocycles. The van der Waals surface area contributed by atoms with E-state index in [0.29, 0.717) is 11.4 Å². The summed E-state index contributed by atoms with van der Waals surface area (Å²) in [6.45, 7) is -0.150. The lowest BCUT2D eigenvalue weighted by molar-refractivity contribution is -0.116. The highest BCUT2D eigenvalue weighted by molar-refractivity contribution is 6.32. The Morgan fingerprint density at radius 1 is 1.22 bits per heavy atom. The molecule has 2 N–H and O–H groups in total. The van der Waals surface area contributed by atoms with E-state index in [1.165, 1.54) is 40.1 Å². The molecule has 0 spiro atoms. The van der Waals surface area contributed by atoms with Crippen molar-refractivity contribution in [1.29, 1.82) is 0 Å². The summed E-state index contributed by atoms with van der Waals surface area (Å²) in [5, 5.41) is 19.4. The zero-order valence-corrected chi connectivity index (χ0v) is 14.4. The predicted octanol–water partition coefficient (Wildman–Crippen LogP) is 2.25. The van der Waals surface area contributed by atoms with Gasteiger partial charge in [0, 0.05) is 6.20 Å². The number of rotatable bonds is 7. The molecule has 3 aromatic rings. The number of aromatic nitrogens is 4. The molecule has 0 saturated carbocycles. The van der Waals surface area contributed by atoms with Gasteiger partial charge in [-0.2, -0.15) is 10.2 Å². The average Bonchev–Trinajstić information content (AvgIpc) is 3.23. The van der Waals surface area contributed by atoms with Crippen LogP contribution in [-0.2, 0) is 18.1 Å². The lowest BCUT2D eigenvalue weighted by Gasteiger charge is -2.07. The summed E-state index contributed by atoms with van der Waals surface area (Å²) in [6, 6.07) is 3.76. The molecule has 0 atom stereocenters. The van der Waals surface area contributed by atoms with E-state index in [1.807, 2.05) is 0 Å². The minimum absolute atomic E-state index is 0.00233. The van der Waals surface area contributed by atoms with Gasteiger partial charge in [-0.1, -0.05) is 11.6 Å². The van der Waals surface area contributed by atoms with Crippen molar-refractivity contribution < 1.29 is 23.8 Å². The van der Waals surface area contributed by atoms with Crippen molar-refractivity contribution in [2.45, 2.75) is 13.3 Å². The Balaban J connectivity index is 1.53. The highest BCUT2D eigenvalue weighted by Crippen LogP contribution is 2.25. The first-order chi connectivity index (χ1) is 12.9. The second-order valence-corrected chi connectivity index (χ2v) is 5.80. The fraction of sp³-hybridized carbons (Fsp3) is 0.125. The van der Waals surface area contributed by atoms with E-state index in [1.54, 1.807) is 0 Å². The molecule has 0 unspecified atom stereocenters. The van der Waals surface area contributed by atoms with Crippen molar-refractivity contribution in [2.75, 3.05) is 5.32 Å². The maximum atomic E-state index is 13.0. The van der Waals surface area contributed by atoms with Crippen molar-refractivity contribution in [1.82, 2.24) is 19.6 Å². The number of benzene rings is 1. The number of ether oxygens (including phenoxy) is 1. The third kappa shape index (κ3) is 4.82. The Bertz CT molecular complexity index is 987. The number of nitrogens with zero attached hydrogens (tertiary/aromatic N) is 4. The third-order valence-electron chi connectivity index (χ3n) is 3.35. The van der Waals surface area contributed by atoms with Gasteiger partial charge in [0.05, 0.1) is 34.9 Å². The van der Waals surface area contributed by atoms with E-state index >= 15 is 0 Å². The number of nitrogens with one attached hydrogen (secondary N) is 1. The molecule has 11 heteroatoms. The SMILES string of the molecule is O=C(Cn1cc(C(=O)O)cn1)Nc1cnn(COc2ccc(F)cc2Cl)c1. The van der Waals surface area contributed by atoms with Crippen LogP contribution < -0.4 is 10.1 Å². The number of aromatic carboxylic acids is 1. The summed E-state index contributed by atoms with van der Waals surface area (Å²) in [7, 11) is 0. The predicted molar refractivity (Wildman–Crippen MR) is 92.1 cm³/mol. The van der Waals surface area contributed by atoms with Crippen LogP contribution in [0.5, 0.6) is 5.75 Å². The normalized spacial score (nSPS) is 10.6. The fourth-order valence-corrected chi connectivity index (χ4v) is 2.36. The largest absolute Gasteiger partial charge is 0.478 e. The Hall–Kier alpha value is -3.40. The van der Waals surface area contributed by atoms with E-state index in [9.17, 15) is 14.0 Å². The number of carbonyl (C=O) groups excluding carboxylic acids is 1. The highest BCUT2D eigenvalue weighted by atomic mass is 35.5. The second kappa shape index (κ2) is 7.87. The summed E-state index contributed by atoms with van der Waals surface area (Å²) in [5.74, 6) is -1.70. The summed E-state index contributed by atoms with van der Waals surface area (Å²) in [5.41, 5.74) is 0.409. The molecule has 0 fully saturated rings. The Labute approximate surface area is 156 Å². The molecule has 0 bridgehead atoms. The highest BCUT2D eigenvalue weighted by Gasteiger charge is 2.10. The standard InChI is InChI=1S/C16H13ClFN5O4/c17-13-3-11(18)1-2-14(13)27-9-23-7-12(5-20-23)21-15(24)8-22-6-10(4-19-22)16(25)26/h1-7H,8-9H2,(H,21,24)(H,25,26). The summed E-state index contributed by atoms with van der Waals surface area (Å²) in [4.78, 5) is 22.8. The number of hydrogen-bond donors (Lipinski definition) is 2. The van der Waals surface area contributed by atoms with Gasteiger partial charge in [0.2, 0.25) is 5.91 Å². The number of halogens is 2. The monoisotopic (exact) mass is 393 g/mol. The third-order valence-corrected chi connectivity index (χ3v) is 3.64. The zero-order chi connectivity index (χ0) is 19.4. The van der Waals surface area contributed by atoms with E-state index < -0.39 is 17.7 Å². The van der Waals surface area contributed by atoms with Crippen LogP contribution >= 0.6 is 11.6 Å². The molecule has 0 aliphatic heterocycles. The van der Waals surface area contributed by atoms with Gasteiger partial charge in [0.25, 0.3) is 0 Å². The van der Waals surface area contributed by atoms with Crippen molar-refractivity contribution in [3.8, 4) is 5.75 Å². The zero-order valence-electron chi connectivity index (χ0n) is 13.7. The van der Waals surface area contributed by atoms with Crippen LogP contribution in [0.3, 0.4) is 0 Å². The van der Waals surface area contributed by atoms with Gasteiger partial charge in [-0.15, -0.1) is 0 Å². The van der Waals surface area contributed by atoms with E-state index in [0.717, 1.165) is 12.3 Å². The molecule has 27 heavy (non-hydrogen) atoms. The second-order valence-electron chi connectivity index (χ2n) is 5.40. The Morgan fingerprint density at radius 3 is 2.70 bits per heavy atom. The van der Waals surface area contributed by atoms with Crippen LogP contribution in [0.15, 0.2) is 43.0 Å². The fourth-order valence-electron chi connectivity index (χ4n) is 2.13. The molecule has 140 valence electrons. The first kappa shape index (κ1) is 18.4. The van der Waals surface area contributed by atoms with Crippen LogP contribution in [0.4, 0.5) is 10.1 Å². The van der Waals surface area contributed by atoms with E-state index in [2.05, 4.69) is 15.5 Å². The number of anilines is 1. The molecule has 0 aliphatic rings. The van der Waals surface area contributed by atoms with Gasteiger partial charge in [0.1, 0.15) is 18.1 Å². The van der Waals surface area contributed by atoms with Crippen LogP contribution in [0.1, 0.15) is 10.4 Å². The van der Waals surface area contributed by atoms with Crippen molar-refractivity contribution in [2.24, 2.45) is 0 Å². The van der Waals surface area contributed by atoms with Crippen LogP contribution in [-0.4, -0.2) is 36.5 Å². The van der Waals surface area contributed by atoms with Crippen molar-refractivity contribution >= 4 is 29.2 Å². The summed E-state index contributed by atoms with van der Waals surface area (Å²) in [6.07, 6.45) is 5.36. The molecular formula is C16H13ClFN5O4. The van der Waals surface area contributed by atoms with Crippen LogP contribution in [0.25, 0.3) is 0 Å². The molecule has 2 heterocycles. The number of carbonyl (C=O) groups is 2. The minimum atomic E-state index is -1.12. The van der Waals surface area contributed by atoms with E-state index in [-0.39, 0.29) is 23.9 Å². The van der Waals surface area contributed by atoms with Gasteiger partial charge in [-0.25, -0.2) is 13.9 Å². The number of carboxylic acid groups (broad SMARTS) is 1. The Kier molecular flexibility index (Phi) is 5.36. The molecule has 3 rings (SSSR count). The molecule has 1 amide bonds. The summed E-state index contributed by atoms with van der Waals surface area (Å²) >= 11 is 5.87. The lowest BCUT2D eigenvalue weighted by atomic mass is 10.3. The first-order valence-corrected chi connectivity index (χ1v) is 7.94.